The molecule has 0 bridgehead atoms. The summed E-state index contributed by atoms with van der Waals surface area (Å²) in [5.41, 5.74) is 0.794. The maximum atomic E-state index is 12.3. The number of ether oxygens (including phenoxy) is 1. The summed E-state index contributed by atoms with van der Waals surface area (Å²) in [5.74, 6) is 0.332. The predicted molar refractivity (Wildman–Crippen MR) is 94.1 cm³/mol. The Morgan fingerprint density at radius 2 is 2.21 bits per heavy atom. The van der Waals surface area contributed by atoms with Crippen molar-refractivity contribution in [3.63, 3.8) is 0 Å². The van der Waals surface area contributed by atoms with E-state index < -0.39 is 0 Å². The Balaban J connectivity index is 1.49. The Morgan fingerprint density at radius 1 is 1.38 bits per heavy atom. The molecule has 1 saturated heterocycles. The first-order chi connectivity index (χ1) is 11.7. The highest BCUT2D eigenvalue weighted by Crippen LogP contribution is 2.22. The van der Waals surface area contributed by atoms with Gasteiger partial charge in [-0.3, -0.25) is 14.7 Å². The summed E-state index contributed by atoms with van der Waals surface area (Å²) in [6.07, 6.45) is 3.35. The smallest absolute Gasteiger partial charge is 0.263 e. The number of nitrogens with one attached hydrogen (secondary N) is 1. The third-order valence-electron chi connectivity index (χ3n) is 3.90. The third-order valence-corrected chi connectivity index (χ3v) is 4.92. The largest absolute Gasteiger partial charge is 0.379 e. The lowest BCUT2D eigenvalue weighted by Crippen LogP contribution is -2.41. The Hall–Kier alpha value is -1.83. The van der Waals surface area contributed by atoms with Gasteiger partial charge in [0.2, 0.25) is 0 Å². The summed E-state index contributed by atoms with van der Waals surface area (Å²) < 4.78 is 5.35. The van der Waals surface area contributed by atoms with Crippen LogP contribution in [0.25, 0.3) is 10.7 Å². The minimum atomic E-state index is -0.0662. The van der Waals surface area contributed by atoms with E-state index >= 15 is 0 Å². The van der Waals surface area contributed by atoms with Gasteiger partial charge in [0.15, 0.2) is 0 Å². The van der Waals surface area contributed by atoms with E-state index in [2.05, 4.69) is 27.1 Å². The summed E-state index contributed by atoms with van der Waals surface area (Å²) in [4.78, 5) is 23.9. The molecule has 1 aliphatic rings. The van der Waals surface area contributed by atoms with Crippen LogP contribution in [-0.4, -0.2) is 60.2 Å². The molecule has 2 aromatic heterocycles. The Bertz CT molecular complexity index is 656. The van der Waals surface area contributed by atoms with Gasteiger partial charge in [-0.25, -0.2) is 4.98 Å². The molecule has 1 aliphatic heterocycles. The average Bonchev–Trinajstić information content (AvgIpc) is 3.11. The van der Waals surface area contributed by atoms with Crippen LogP contribution >= 0.6 is 11.3 Å². The SMILES string of the molecule is CC(CNC(=O)c1cnc(-c2ccccn2)s1)CN1CCOCC1. The van der Waals surface area contributed by atoms with Crippen LogP contribution in [0.1, 0.15) is 16.6 Å². The van der Waals surface area contributed by atoms with Gasteiger partial charge in [0, 0.05) is 32.4 Å². The van der Waals surface area contributed by atoms with E-state index in [0.29, 0.717) is 17.3 Å². The minimum absolute atomic E-state index is 0.0662. The number of nitrogens with zero attached hydrogens (tertiary/aromatic N) is 3. The molecule has 128 valence electrons. The van der Waals surface area contributed by atoms with Crippen LogP contribution in [0.5, 0.6) is 0 Å². The van der Waals surface area contributed by atoms with E-state index in [1.54, 1.807) is 12.4 Å². The molecule has 0 saturated carbocycles. The molecule has 6 nitrogen and oxygen atoms in total. The second-order valence-corrected chi connectivity index (χ2v) is 7.00. The summed E-state index contributed by atoms with van der Waals surface area (Å²) in [7, 11) is 0. The molecule has 1 unspecified atom stereocenters. The van der Waals surface area contributed by atoms with E-state index in [-0.39, 0.29) is 5.91 Å². The van der Waals surface area contributed by atoms with Crippen molar-refractivity contribution < 1.29 is 9.53 Å². The molecule has 1 N–H and O–H groups in total. The summed E-state index contributed by atoms with van der Waals surface area (Å²) in [6, 6.07) is 5.67. The zero-order chi connectivity index (χ0) is 16.8. The van der Waals surface area contributed by atoms with E-state index in [4.69, 9.17) is 4.74 Å². The van der Waals surface area contributed by atoms with Gasteiger partial charge in [0.25, 0.3) is 5.91 Å². The van der Waals surface area contributed by atoms with E-state index in [9.17, 15) is 4.79 Å². The lowest BCUT2D eigenvalue weighted by Gasteiger charge is -2.29. The quantitative estimate of drug-likeness (QED) is 0.865. The number of pyridine rings is 1. The number of hydrogen-bond donors (Lipinski definition) is 1. The highest BCUT2D eigenvalue weighted by Gasteiger charge is 2.16. The van der Waals surface area contributed by atoms with Crippen molar-refractivity contribution in [2.45, 2.75) is 6.92 Å². The fourth-order valence-electron chi connectivity index (χ4n) is 2.63. The molecule has 0 spiro atoms. The zero-order valence-electron chi connectivity index (χ0n) is 13.8. The average molecular weight is 346 g/mol. The topological polar surface area (TPSA) is 67.4 Å². The molecule has 0 radical (unpaired) electrons. The number of aromatic nitrogens is 2. The van der Waals surface area contributed by atoms with Crippen LogP contribution in [0, 0.1) is 5.92 Å². The number of hydrogen-bond acceptors (Lipinski definition) is 6. The van der Waals surface area contributed by atoms with Crippen LogP contribution in [0.2, 0.25) is 0 Å². The number of morpholine rings is 1. The predicted octanol–water partition coefficient (Wildman–Crippen LogP) is 1.90. The first-order valence-electron chi connectivity index (χ1n) is 8.18. The van der Waals surface area contributed by atoms with Gasteiger partial charge >= 0.3 is 0 Å². The normalized spacial score (nSPS) is 16.7. The van der Waals surface area contributed by atoms with Gasteiger partial charge in [-0.1, -0.05) is 13.0 Å². The molecule has 7 heteroatoms. The Morgan fingerprint density at radius 3 is 2.96 bits per heavy atom. The van der Waals surface area contributed by atoms with Crippen LogP contribution in [0.3, 0.4) is 0 Å². The Kier molecular flexibility index (Phi) is 5.90. The van der Waals surface area contributed by atoms with Crippen LogP contribution < -0.4 is 5.32 Å². The van der Waals surface area contributed by atoms with Crippen molar-refractivity contribution in [2.24, 2.45) is 5.92 Å². The maximum absolute atomic E-state index is 12.3. The summed E-state index contributed by atoms with van der Waals surface area (Å²) in [5, 5.41) is 3.77. The fourth-order valence-corrected chi connectivity index (χ4v) is 3.44. The second-order valence-electron chi connectivity index (χ2n) is 5.97. The lowest BCUT2D eigenvalue weighted by atomic mass is 10.1. The second kappa shape index (κ2) is 8.32. The van der Waals surface area contributed by atoms with Gasteiger partial charge in [0.1, 0.15) is 9.88 Å². The van der Waals surface area contributed by atoms with Crippen LogP contribution in [-0.2, 0) is 4.74 Å². The number of amides is 1. The van der Waals surface area contributed by atoms with Crippen molar-refractivity contribution in [2.75, 3.05) is 39.4 Å². The third kappa shape index (κ3) is 4.59. The number of carbonyl (C=O) groups is 1. The molecule has 24 heavy (non-hydrogen) atoms. The van der Waals surface area contributed by atoms with E-state index in [0.717, 1.165) is 43.5 Å². The van der Waals surface area contributed by atoms with Gasteiger partial charge in [-0.05, 0) is 18.1 Å². The molecule has 1 fully saturated rings. The molecule has 0 aromatic carbocycles. The first-order valence-corrected chi connectivity index (χ1v) is 8.99. The first kappa shape index (κ1) is 17.0. The maximum Gasteiger partial charge on any atom is 0.263 e. The summed E-state index contributed by atoms with van der Waals surface area (Å²) in [6.45, 7) is 7.34. The number of rotatable bonds is 6. The van der Waals surface area contributed by atoms with Crippen molar-refractivity contribution >= 4 is 17.2 Å². The molecule has 1 atom stereocenters. The lowest BCUT2D eigenvalue weighted by molar-refractivity contribution is 0.0317. The fraction of sp³-hybridized carbons (Fsp3) is 0.471. The van der Waals surface area contributed by atoms with Crippen molar-refractivity contribution in [3.05, 3.63) is 35.5 Å². The molecule has 1 amide bonds. The highest BCUT2D eigenvalue weighted by molar-refractivity contribution is 7.16. The van der Waals surface area contributed by atoms with Gasteiger partial charge in [0.05, 0.1) is 25.1 Å². The molecule has 3 heterocycles. The van der Waals surface area contributed by atoms with E-state index in [1.165, 1.54) is 11.3 Å². The van der Waals surface area contributed by atoms with Crippen LogP contribution in [0.4, 0.5) is 0 Å². The van der Waals surface area contributed by atoms with Gasteiger partial charge < -0.3 is 10.1 Å². The number of carbonyl (C=O) groups excluding carboxylic acids is 1. The highest BCUT2D eigenvalue weighted by atomic mass is 32.1. The van der Waals surface area contributed by atoms with E-state index in [1.807, 2.05) is 18.2 Å². The Labute approximate surface area is 145 Å². The van der Waals surface area contributed by atoms with Gasteiger partial charge in [-0.15, -0.1) is 11.3 Å². The minimum Gasteiger partial charge on any atom is -0.379 e. The zero-order valence-corrected chi connectivity index (χ0v) is 14.6. The van der Waals surface area contributed by atoms with Crippen molar-refractivity contribution in [3.8, 4) is 10.7 Å². The molecule has 3 rings (SSSR count). The van der Waals surface area contributed by atoms with Crippen LogP contribution in [0.15, 0.2) is 30.6 Å². The molecule has 0 aliphatic carbocycles. The molecule has 2 aromatic rings. The van der Waals surface area contributed by atoms with Crippen molar-refractivity contribution in [1.82, 2.24) is 20.2 Å². The molecular formula is C17H22N4O2S. The standard InChI is InChI=1S/C17H22N4O2S/c1-13(12-21-6-8-23-9-7-21)10-19-16(22)15-11-20-17(24-15)14-4-2-3-5-18-14/h2-5,11,13H,6-10,12H2,1H3,(H,19,22). The number of thiazole rings is 1. The van der Waals surface area contributed by atoms with Crippen molar-refractivity contribution in [1.29, 1.82) is 0 Å². The monoisotopic (exact) mass is 346 g/mol. The van der Waals surface area contributed by atoms with Gasteiger partial charge in [-0.2, -0.15) is 0 Å². The summed E-state index contributed by atoms with van der Waals surface area (Å²) >= 11 is 1.37. The molecular weight excluding hydrogens is 324 g/mol.